The van der Waals surface area contributed by atoms with Gasteiger partial charge in [0.1, 0.15) is 11.5 Å². The molecule has 16 heavy (non-hydrogen) atoms. The molecule has 0 bridgehead atoms. The second kappa shape index (κ2) is 6.48. The third kappa shape index (κ3) is 3.63. The average molecular weight is 217 g/mol. The van der Waals surface area contributed by atoms with E-state index in [9.17, 15) is 0 Å². The van der Waals surface area contributed by atoms with Crippen LogP contribution in [0.3, 0.4) is 0 Å². The van der Waals surface area contributed by atoms with Gasteiger partial charge in [0.25, 0.3) is 0 Å². The molecule has 3 N–H and O–H groups in total. The van der Waals surface area contributed by atoms with Crippen LogP contribution in [0.1, 0.15) is 0 Å². The van der Waals surface area contributed by atoms with Crippen molar-refractivity contribution < 1.29 is 9.84 Å². The number of nitrogens with two attached hydrogens (primary N) is 1. The second-order valence-corrected chi connectivity index (χ2v) is 2.98. The van der Waals surface area contributed by atoms with Gasteiger partial charge < -0.3 is 15.6 Å². The van der Waals surface area contributed by atoms with Gasteiger partial charge in [0, 0.05) is 12.8 Å². The Bertz CT molecular complexity index is 398. The molecule has 0 amide bonds. The highest BCUT2D eigenvalue weighted by molar-refractivity contribution is 5.42. The average Bonchev–Trinajstić information content (AvgIpc) is 2.36. The van der Waals surface area contributed by atoms with Crippen molar-refractivity contribution in [3.8, 4) is 11.5 Å². The molecule has 0 saturated heterocycles. The molecule has 3 nitrogen and oxygen atoms in total. The van der Waals surface area contributed by atoms with Crippen molar-refractivity contribution in [1.82, 2.24) is 0 Å². The number of rotatable bonds is 2. The number of ether oxygens (including phenoxy) is 1. The molecular weight excluding hydrogens is 202 g/mol. The molecule has 0 heterocycles. The van der Waals surface area contributed by atoms with Gasteiger partial charge in [0.15, 0.2) is 0 Å². The third-order valence-corrected chi connectivity index (χ3v) is 1.86. The number of anilines is 1. The molecule has 0 aliphatic heterocycles. The van der Waals surface area contributed by atoms with E-state index >= 15 is 0 Å². The minimum absolute atomic E-state index is 0.741. The molecule has 0 unspecified atom stereocenters. The SMILES string of the molecule is CO.Nc1ccc(Oc2ccccc2)cc1. The van der Waals surface area contributed by atoms with Crippen LogP contribution >= 0.6 is 0 Å². The molecule has 0 fully saturated rings. The molecule has 0 aliphatic rings. The largest absolute Gasteiger partial charge is 0.457 e. The Morgan fingerprint density at radius 1 is 0.812 bits per heavy atom. The van der Waals surface area contributed by atoms with E-state index in [0.717, 1.165) is 24.3 Å². The molecule has 2 aromatic carbocycles. The lowest BCUT2D eigenvalue weighted by atomic mass is 10.3. The number of hydrogen-bond donors (Lipinski definition) is 2. The highest BCUT2D eigenvalue weighted by Gasteiger charge is 1.94. The van der Waals surface area contributed by atoms with Crippen LogP contribution in [0, 0.1) is 0 Å². The van der Waals surface area contributed by atoms with Crippen LogP contribution in [0.2, 0.25) is 0 Å². The summed E-state index contributed by atoms with van der Waals surface area (Å²) in [5.74, 6) is 1.63. The van der Waals surface area contributed by atoms with E-state index in [4.69, 9.17) is 15.6 Å². The van der Waals surface area contributed by atoms with Crippen LogP contribution < -0.4 is 10.5 Å². The van der Waals surface area contributed by atoms with E-state index in [2.05, 4.69) is 0 Å². The van der Waals surface area contributed by atoms with Crippen molar-refractivity contribution in [3.63, 3.8) is 0 Å². The molecule has 0 saturated carbocycles. The number of benzene rings is 2. The van der Waals surface area contributed by atoms with Crippen molar-refractivity contribution in [2.24, 2.45) is 0 Å². The standard InChI is InChI=1S/C12H11NO.CH4O/c13-10-6-8-12(9-7-10)14-11-4-2-1-3-5-11;1-2/h1-9H,13H2;2H,1H3. The summed E-state index contributed by atoms with van der Waals surface area (Å²) < 4.78 is 5.58. The Hall–Kier alpha value is -2.00. The van der Waals surface area contributed by atoms with Crippen LogP contribution in [0.4, 0.5) is 5.69 Å². The van der Waals surface area contributed by atoms with Crippen molar-refractivity contribution in [2.75, 3.05) is 12.8 Å². The van der Waals surface area contributed by atoms with Gasteiger partial charge in [-0.15, -0.1) is 0 Å². The van der Waals surface area contributed by atoms with Crippen LogP contribution in [0.25, 0.3) is 0 Å². The van der Waals surface area contributed by atoms with Crippen molar-refractivity contribution in [1.29, 1.82) is 0 Å². The molecule has 2 rings (SSSR count). The number of nitrogen functional groups attached to an aromatic ring is 1. The van der Waals surface area contributed by atoms with Gasteiger partial charge in [-0.2, -0.15) is 0 Å². The van der Waals surface area contributed by atoms with Crippen molar-refractivity contribution in [2.45, 2.75) is 0 Å². The lowest BCUT2D eigenvalue weighted by Crippen LogP contribution is -1.85. The highest BCUT2D eigenvalue weighted by atomic mass is 16.5. The first-order valence-electron chi connectivity index (χ1n) is 4.88. The fraction of sp³-hybridized carbons (Fsp3) is 0.0769. The Labute approximate surface area is 95.1 Å². The van der Waals surface area contributed by atoms with Gasteiger partial charge in [-0.1, -0.05) is 18.2 Å². The number of aliphatic hydroxyl groups excluding tert-OH is 1. The fourth-order valence-corrected chi connectivity index (χ4v) is 1.16. The second-order valence-electron chi connectivity index (χ2n) is 2.98. The van der Waals surface area contributed by atoms with E-state index in [1.807, 2.05) is 54.6 Å². The highest BCUT2D eigenvalue weighted by Crippen LogP contribution is 2.21. The van der Waals surface area contributed by atoms with Crippen LogP contribution in [0.15, 0.2) is 54.6 Å². The van der Waals surface area contributed by atoms with Crippen LogP contribution in [-0.2, 0) is 0 Å². The molecule has 0 atom stereocenters. The lowest BCUT2D eigenvalue weighted by Gasteiger charge is -2.04. The molecular formula is C13H15NO2. The predicted octanol–water partition coefficient (Wildman–Crippen LogP) is 2.67. The minimum Gasteiger partial charge on any atom is -0.457 e. The molecule has 2 aromatic rings. The van der Waals surface area contributed by atoms with E-state index < -0.39 is 0 Å². The number of para-hydroxylation sites is 1. The van der Waals surface area contributed by atoms with Crippen molar-refractivity contribution >= 4 is 5.69 Å². The summed E-state index contributed by atoms with van der Waals surface area (Å²) >= 11 is 0. The molecule has 0 aromatic heterocycles. The van der Waals surface area contributed by atoms with Gasteiger partial charge in [-0.3, -0.25) is 0 Å². The smallest absolute Gasteiger partial charge is 0.127 e. The van der Waals surface area contributed by atoms with Crippen LogP contribution in [0.5, 0.6) is 11.5 Å². The summed E-state index contributed by atoms with van der Waals surface area (Å²) in [4.78, 5) is 0. The van der Waals surface area contributed by atoms with Gasteiger partial charge in [0.05, 0.1) is 0 Å². The van der Waals surface area contributed by atoms with E-state index in [1.165, 1.54) is 0 Å². The summed E-state index contributed by atoms with van der Waals surface area (Å²) in [7, 11) is 1.00. The maximum absolute atomic E-state index is 7.00. The Morgan fingerprint density at radius 3 is 1.88 bits per heavy atom. The summed E-state index contributed by atoms with van der Waals surface area (Å²) in [5, 5.41) is 7.00. The molecule has 3 heteroatoms. The zero-order valence-electron chi connectivity index (χ0n) is 9.13. The predicted molar refractivity (Wildman–Crippen MR) is 65.5 cm³/mol. The normalized spacial score (nSPS) is 8.88. The fourth-order valence-electron chi connectivity index (χ4n) is 1.16. The zero-order valence-corrected chi connectivity index (χ0v) is 9.13. The molecule has 0 aliphatic carbocycles. The first kappa shape index (κ1) is 12.1. The summed E-state index contributed by atoms with van der Waals surface area (Å²) in [6, 6.07) is 17.0. The van der Waals surface area contributed by atoms with E-state index in [1.54, 1.807) is 0 Å². The zero-order chi connectivity index (χ0) is 11.8. The maximum atomic E-state index is 7.00. The summed E-state index contributed by atoms with van der Waals surface area (Å²) in [5.41, 5.74) is 6.31. The number of aliphatic hydroxyl groups is 1. The molecule has 0 spiro atoms. The Balaban J connectivity index is 0.000000606. The first-order chi connectivity index (χ1) is 7.84. The van der Waals surface area contributed by atoms with Gasteiger partial charge in [0.2, 0.25) is 0 Å². The van der Waals surface area contributed by atoms with Crippen LogP contribution in [-0.4, -0.2) is 12.2 Å². The van der Waals surface area contributed by atoms with Crippen molar-refractivity contribution in [3.05, 3.63) is 54.6 Å². The quantitative estimate of drug-likeness (QED) is 0.760. The monoisotopic (exact) mass is 217 g/mol. The van der Waals surface area contributed by atoms with E-state index in [0.29, 0.717) is 0 Å². The van der Waals surface area contributed by atoms with E-state index in [-0.39, 0.29) is 0 Å². The minimum atomic E-state index is 0.741. The first-order valence-corrected chi connectivity index (χ1v) is 4.88. The third-order valence-electron chi connectivity index (χ3n) is 1.86. The lowest BCUT2D eigenvalue weighted by molar-refractivity contribution is 0.399. The molecule has 84 valence electrons. The summed E-state index contributed by atoms with van der Waals surface area (Å²) in [6.45, 7) is 0. The Morgan fingerprint density at radius 2 is 1.31 bits per heavy atom. The topological polar surface area (TPSA) is 55.5 Å². The maximum Gasteiger partial charge on any atom is 0.127 e. The molecule has 0 radical (unpaired) electrons. The Kier molecular flexibility index (Phi) is 4.89. The van der Waals surface area contributed by atoms with Gasteiger partial charge in [-0.05, 0) is 36.4 Å². The number of hydrogen-bond acceptors (Lipinski definition) is 3. The van der Waals surface area contributed by atoms with Gasteiger partial charge >= 0.3 is 0 Å². The van der Waals surface area contributed by atoms with Gasteiger partial charge in [-0.25, -0.2) is 0 Å². The summed E-state index contributed by atoms with van der Waals surface area (Å²) in [6.07, 6.45) is 0.